The molecule has 2 heterocycles. The number of hydrogen-bond acceptors (Lipinski definition) is 7. The number of amides is 1. The zero-order valence-corrected chi connectivity index (χ0v) is 19.8. The molecule has 0 aliphatic rings. The summed E-state index contributed by atoms with van der Waals surface area (Å²) in [6, 6.07) is 14.8. The summed E-state index contributed by atoms with van der Waals surface area (Å²) in [6.45, 7) is 5.77. The van der Waals surface area contributed by atoms with Crippen molar-refractivity contribution in [3.8, 4) is 23.3 Å². The highest BCUT2D eigenvalue weighted by Gasteiger charge is 2.08. The lowest BCUT2D eigenvalue weighted by atomic mass is 10.1. The molecule has 35 heavy (non-hydrogen) atoms. The third-order valence-corrected chi connectivity index (χ3v) is 5.18. The number of rotatable bonds is 6. The van der Waals surface area contributed by atoms with Gasteiger partial charge < -0.3 is 21.1 Å². The van der Waals surface area contributed by atoms with E-state index in [4.69, 9.17) is 10.5 Å². The predicted molar refractivity (Wildman–Crippen MR) is 137 cm³/mol. The second-order valence-corrected chi connectivity index (χ2v) is 8.11. The van der Waals surface area contributed by atoms with Gasteiger partial charge in [0.05, 0.1) is 24.3 Å². The van der Waals surface area contributed by atoms with Gasteiger partial charge in [0.2, 0.25) is 5.91 Å². The van der Waals surface area contributed by atoms with Crippen molar-refractivity contribution < 1.29 is 9.53 Å². The number of benzene rings is 2. The Morgan fingerprint density at radius 1 is 1.09 bits per heavy atom. The third kappa shape index (κ3) is 6.10. The molecule has 4 aromatic rings. The molecule has 8 heteroatoms. The minimum absolute atomic E-state index is 0.223. The lowest BCUT2D eigenvalue weighted by molar-refractivity contribution is -0.121. The molecule has 2 aromatic heterocycles. The van der Waals surface area contributed by atoms with Crippen molar-refractivity contribution in [2.45, 2.75) is 26.8 Å². The van der Waals surface area contributed by atoms with Crippen LogP contribution in [0.3, 0.4) is 0 Å². The van der Waals surface area contributed by atoms with Crippen LogP contribution in [0.5, 0.6) is 11.5 Å². The van der Waals surface area contributed by atoms with Crippen LogP contribution in [0.4, 0.5) is 11.5 Å². The van der Waals surface area contributed by atoms with Crippen molar-refractivity contribution in [1.82, 2.24) is 20.3 Å². The molecule has 1 unspecified atom stereocenters. The van der Waals surface area contributed by atoms with Gasteiger partial charge >= 0.3 is 0 Å². The number of nitrogens with zero attached hydrogens (tertiary/aromatic N) is 3. The molecule has 0 aliphatic heterocycles. The van der Waals surface area contributed by atoms with Gasteiger partial charge in [0, 0.05) is 22.3 Å². The summed E-state index contributed by atoms with van der Waals surface area (Å²) in [5, 5.41) is 6.88. The minimum atomic E-state index is -0.563. The van der Waals surface area contributed by atoms with Gasteiger partial charge in [-0.3, -0.25) is 9.78 Å². The minimum Gasteiger partial charge on any atom is -0.455 e. The first kappa shape index (κ1) is 23.7. The average Bonchev–Trinajstić information content (AvgIpc) is 2.85. The average molecular weight is 467 g/mol. The normalized spacial score (nSPS) is 11.3. The Balaban J connectivity index is 1.51. The molecule has 0 aliphatic carbocycles. The largest absolute Gasteiger partial charge is 0.455 e. The Morgan fingerprint density at radius 3 is 2.69 bits per heavy atom. The third-order valence-electron chi connectivity index (χ3n) is 5.18. The highest BCUT2D eigenvalue weighted by atomic mass is 16.5. The molecule has 4 N–H and O–H groups in total. The van der Waals surface area contributed by atoms with E-state index in [1.165, 1.54) is 6.33 Å². The van der Waals surface area contributed by atoms with Crippen LogP contribution >= 0.6 is 0 Å². The van der Waals surface area contributed by atoms with Crippen LogP contribution in [0.2, 0.25) is 0 Å². The molecule has 8 nitrogen and oxygen atoms in total. The Labute approximate surface area is 204 Å². The maximum absolute atomic E-state index is 11.6. The predicted octanol–water partition coefficient (Wildman–Crippen LogP) is 3.99. The Hall–Kier alpha value is -4.48. The molecule has 4 rings (SSSR count). The molecule has 0 radical (unpaired) electrons. The summed E-state index contributed by atoms with van der Waals surface area (Å²) in [6.07, 6.45) is 3.23. The highest BCUT2D eigenvalue weighted by molar-refractivity contribution is 5.91. The van der Waals surface area contributed by atoms with Crippen molar-refractivity contribution in [3.05, 3.63) is 77.9 Å². The second kappa shape index (κ2) is 10.6. The van der Waals surface area contributed by atoms with Crippen molar-refractivity contribution in [2.75, 3.05) is 11.9 Å². The fourth-order valence-corrected chi connectivity index (χ4v) is 3.29. The molecular weight excluding hydrogens is 440 g/mol. The summed E-state index contributed by atoms with van der Waals surface area (Å²) in [4.78, 5) is 24.6. The zero-order chi connectivity index (χ0) is 24.8. The van der Waals surface area contributed by atoms with E-state index < -0.39 is 6.04 Å². The maximum atomic E-state index is 11.6. The van der Waals surface area contributed by atoms with Gasteiger partial charge in [-0.05, 0) is 74.9 Å². The van der Waals surface area contributed by atoms with Crippen LogP contribution in [0.1, 0.15) is 23.7 Å². The molecular formula is C27H26N6O2. The quantitative estimate of drug-likeness (QED) is 0.368. The van der Waals surface area contributed by atoms with E-state index in [-0.39, 0.29) is 12.5 Å². The number of ether oxygens (including phenoxy) is 1. The number of pyridine rings is 1. The van der Waals surface area contributed by atoms with Crippen molar-refractivity contribution in [1.29, 1.82) is 0 Å². The van der Waals surface area contributed by atoms with Gasteiger partial charge in [-0.25, -0.2) is 9.97 Å². The topological polar surface area (TPSA) is 115 Å². The lowest BCUT2D eigenvalue weighted by Gasteiger charge is -2.12. The number of carbonyl (C=O) groups is 1. The standard InChI is InChI=1S/C27H26N6O2/c1-17-13-21(8-11-25(17)35-22-9-6-18(2)30-15-22)33-26-23-14-20(7-10-24(23)31-16-32-26)5-4-12-29-27(34)19(3)28/h6-11,13-16,19H,12,28H2,1-3H3,(H,29,34)(H,31,32,33). The van der Waals surface area contributed by atoms with E-state index in [0.29, 0.717) is 11.6 Å². The number of fused-ring (bicyclic) bond motifs is 1. The number of anilines is 2. The van der Waals surface area contributed by atoms with Crippen molar-refractivity contribution in [2.24, 2.45) is 5.73 Å². The van der Waals surface area contributed by atoms with Gasteiger partial charge in [-0.1, -0.05) is 11.8 Å². The number of carbonyl (C=O) groups excluding carboxylic acids is 1. The fourth-order valence-electron chi connectivity index (χ4n) is 3.29. The molecule has 1 amide bonds. The molecule has 0 saturated carbocycles. The first-order valence-electron chi connectivity index (χ1n) is 11.1. The zero-order valence-electron chi connectivity index (χ0n) is 19.8. The summed E-state index contributed by atoms with van der Waals surface area (Å²) >= 11 is 0. The van der Waals surface area contributed by atoms with Crippen LogP contribution in [0.15, 0.2) is 61.1 Å². The van der Waals surface area contributed by atoms with E-state index in [9.17, 15) is 4.79 Å². The SMILES string of the molecule is Cc1ccc(Oc2ccc(Nc3ncnc4ccc(C#CCNC(=O)C(C)N)cc34)cc2C)cn1. The number of hydrogen-bond donors (Lipinski definition) is 3. The monoisotopic (exact) mass is 466 g/mol. The number of nitrogens with two attached hydrogens (primary N) is 1. The van der Waals surface area contributed by atoms with Gasteiger partial charge in [0.15, 0.2) is 0 Å². The Kier molecular flexibility index (Phi) is 7.19. The molecule has 0 spiro atoms. The summed E-state index contributed by atoms with van der Waals surface area (Å²) in [5.41, 5.74) is 9.89. The van der Waals surface area contributed by atoms with E-state index in [1.54, 1.807) is 13.1 Å². The van der Waals surface area contributed by atoms with E-state index in [2.05, 4.69) is 37.4 Å². The summed E-state index contributed by atoms with van der Waals surface area (Å²) in [7, 11) is 0. The van der Waals surface area contributed by atoms with Gasteiger partial charge in [-0.2, -0.15) is 0 Å². The molecule has 1 atom stereocenters. The molecule has 0 saturated heterocycles. The number of aromatic nitrogens is 3. The smallest absolute Gasteiger partial charge is 0.237 e. The Morgan fingerprint density at radius 2 is 1.94 bits per heavy atom. The lowest BCUT2D eigenvalue weighted by Crippen LogP contribution is -2.38. The Bertz CT molecular complexity index is 1420. The summed E-state index contributed by atoms with van der Waals surface area (Å²) < 4.78 is 5.97. The molecule has 0 bridgehead atoms. The molecule has 0 fully saturated rings. The molecule has 176 valence electrons. The van der Waals surface area contributed by atoms with Gasteiger partial charge in [-0.15, -0.1) is 0 Å². The van der Waals surface area contributed by atoms with Crippen LogP contribution in [-0.4, -0.2) is 33.4 Å². The second-order valence-electron chi connectivity index (χ2n) is 8.11. The van der Waals surface area contributed by atoms with Crippen LogP contribution < -0.4 is 21.1 Å². The van der Waals surface area contributed by atoms with E-state index >= 15 is 0 Å². The fraction of sp³-hybridized carbons (Fsp3) is 0.185. The summed E-state index contributed by atoms with van der Waals surface area (Å²) in [5.74, 6) is 7.87. The van der Waals surface area contributed by atoms with Crippen LogP contribution in [0.25, 0.3) is 10.9 Å². The first-order chi connectivity index (χ1) is 16.9. The van der Waals surface area contributed by atoms with Gasteiger partial charge in [0.1, 0.15) is 23.6 Å². The van der Waals surface area contributed by atoms with Gasteiger partial charge in [0.25, 0.3) is 0 Å². The van der Waals surface area contributed by atoms with E-state index in [0.717, 1.165) is 39.2 Å². The maximum Gasteiger partial charge on any atom is 0.237 e. The van der Waals surface area contributed by atoms with E-state index in [1.807, 2.05) is 62.4 Å². The first-order valence-corrected chi connectivity index (χ1v) is 11.1. The number of aryl methyl sites for hydroxylation is 2. The molecule has 2 aromatic carbocycles. The number of nitrogens with one attached hydrogen (secondary N) is 2. The van der Waals surface area contributed by atoms with Crippen LogP contribution in [0, 0.1) is 25.7 Å². The van der Waals surface area contributed by atoms with Crippen molar-refractivity contribution in [3.63, 3.8) is 0 Å². The highest BCUT2D eigenvalue weighted by Crippen LogP contribution is 2.29. The van der Waals surface area contributed by atoms with Crippen LogP contribution in [-0.2, 0) is 4.79 Å². The van der Waals surface area contributed by atoms with Crippen molar-refractivity contribution >= 4 is 28.3 Å².